The molecule has 3 aromatic carbocycles. The Morgan fingerprint density at radius 3 is 2.26 bits per heavy atom. The summed E-state index contributed by atoms with van der Waals surface area (Å²) in [6.45, 7) is 4.19. The van der Waals surface area contributed by atoms with Crippen LogP contribution < -0.4 is 10.2 Å². The molecule has 0 aliphatic carbocycles. The lowest BCUT2D eigenvalue weighted by molar-refractivity contribution is -0.137. The number of nitrogens with zero attached hydrogens (tertiary/aromatic N) is 1. The van der Waals surface area contributed by atoms with Gasteiger partial charge in [-0.25, -0.2) is 0 Å². The minimum Gasteiger partial charge on any atom is -0.322 e. The highest BCUT2D eigenvalue weighted by Crippen LogP contribution is 2.44. The van der Waals surface area contributed by atoms with Crippen molar-refractivity contribution in [3.05, 3.63) is 95.1 Å². The molecule has 1 aliphatic heterocycles. The molecular formula is C26H23F3N2O2S. The number of hydrogen-bond donors (Lipinski definition) is 1. The molecule has 0 spiro atoms. The summed E-state index contributed by atoms with van der Waals surface area (Å²) in [6, 6.07) is 19.1. The average molecular weight is 485 g/mol. The topological polar surface area (TPSA) is 49.4 Å². The predicted octanol–water partition coefficient (Wildman–Crippen LogP) is 6.86. The average Bonchev–Trinajstić information content (AvgIpc) is 3.20. The maximum absolute atomic E-state index is 12.8. The van der Waals surface area contributed by atoms with Crippen molar-refractivity contribution < 1.29 is 22.8 Å². The van der Waals surface area contributed by atoms with Crippen molar-refractivity contribution in [1.82, 2.24) is 0 Å². The van der Waals surface area contributed by atoms with E-state index in [1.165, 1.54) is 0 Å². The van der Waals surface area contributed by atoms with E-state index in [9.17, 15) is 22.8 Å². The lowest BCUT2D eigenvalue weighted by Crippen LogP contribution is -2.29. The van der Waals surface area contributed by atoms with Crippen molar-refractivity contribution in [1.29, 1.82) is 0 Å². The highest BCUT2D eigenvalue weighted by Gasteiger charge is 2.35. The monoisotopic (exact) mass is 484 g/mol. The Morgan fingerprint density at radius 1 is 1.00 bits per heavy atom. The summed E-state index contributed by atoms with van der Waals surface area (Å²) in [7, 11) is 0. The van der Waals surface area contributed by atoms with Gasteiger partial charge in [-0.3, -0.25) is 14.5 Å². The van der Waals surface area contributed by atoms with Gasteiger partial charge in [-0.1, -0.05) is 44.2 Å². The summed E-state index contributed by atoms with van der Waals surface area (Å²) < 4.78 is 38.2. The number of carbonyl (C=O) groups excluding carboxylic acids is 2. The summed E-state index contributed by atoms with van der Waals surface area (Å²) in [5.41, 5.74) is 2.76. The van der Waals surface area contributed by atoms with Crippen LogP contribution in [-0.2, 0) is 11.0 Å². The van der Waals surface area contributed by atoms with Crippen LogP contribution in [0.5, 0.6) is 0 Å². The number of amides is 2. The molecular weight excluding hydrogens is 461 g/mol. The van der Waals surface area contributed by atoms with Crippen LogP contribution in [0.3, 0.4) is 0 Å². The molecule has 176 valence electrons. The Morgan fingerprint density at radius 2 is 1.65 bits per heavy atom. The van der Waals surface area contributed by atoms with E-state index in [-0.39, 0.29) is 22.8 Å². The molecule has 1 aliphatic rings. The summed E-state index contributed by atoms with van der Waals surface area (Å²) in [4.78, 5) is 27.0. The molecule has 1 unspecified atom stereocenters. The van der Waals surface area contributed by atoms with Crippen molar-refractivity contribution in [2.24, 2.45) is 0 Å². The Labute approximate surface area is 200 Å². The van der Waals surface area contributed by atoms with E-state index in [2.05, 4.69) is 19.2 Å². The minimum atomic E-state index is -4.45. The van der Waals surface area contributed by atoms with Crippen molar-refractivity contribution in [2.45, 2.75) is 31.3 Å². The maximum Gasteiger partial charge on any atom is 0.416 e. The van der Waals surface area contributed by atoms with Gasteiger partial charge >= 0.3 is 6.18 Å². The number of benzene rings is 3. The van der Waals surface area contributed by atoms with E-state index >= 15 is 0 Å². The van der Waals surface area contributed by atoms with Gasteiger partial charge in [0.2, 0.25) is 5.91 Å². The van der Waals surface area contributed by atoms with Crippen LogP contribution in [0.1, 0.15) is 52.2 Å². The van der Waals surface area contributed by atoms with Gasteiger partial charge in [0.15, 0.2) is 0 Å². The summed E-state index contributed by atoms with van der Waals surface area (Å²) in [6.07, 6.45) is -4.45. The van der Waals surface area contributed by atoms with Gasteiger partial charge in [0.05, 0.1) is 11.3 Å². The van der Waals surface area contributed by atoms with E-state index in [0.29, 0.717) is 11.4 Å². The van der Waals surface area contributed by atoms with Crippen molar-refractivity contribution in [3.63, 3.8) is 0 Å². The van der Waals surface area contributed by atoms with Crippen molar-refractivity contribution >= 4 is 35.0 Å². The maximum atomic E-state index is 12.8. The molecule has 2 amide bonds. The molecule has 1 heterocycles. The fraction of sp³-hybridized carbons (Fsp3) is 0.231. The molecule has 0 saturated carbocycles. The first kappa shape index (κ1) is 23.9. The molecule has 1 N–H and O–H groups in total. The lowest BCUT2D eigenvalue weighted by atomic mass is 10.00. The second kappa shape index (κ2) is 9.54. The molecule has 0 aromatic heterocycles. The lowest BCUT2D eigenvalue weighted by Gasteiger charge is -2.27. The normalized spacial score (nSPS) is 16.2. The van der Waals surface area contributed by atoms with Gasteiger partial charge in [0, 0.05) is 16.9 Å². The van der Waals surface area contributed by atoms with Crippen LogP contribution in [-0.4, -0.2) is 17.6 Å². The van der Waals surface area contributed by atoms with Gasteiger partial charge < -0.3 is 5.32 Å². The Hall–Kier alpha value is -3.26. The van der Waals surface area contributed by atoms with Gasteiger partial charge in [0.25, 0.3) is 5.91 Å². The summed E-state index contributed by atoms with van der Waals surface area (Å²) in [5, 5.41) is 2.51. The fourth-order valence-corrected chi connectivity index (χ4v) is 5.04. The standard InChI is InChI=1S/C26H23F3N2O2S/c1-16(2)21-5-3-4-6-22(21)31-23(32)15-34-25(31)18-9-13-20(14-10-18)30-24(33)17-7-11-19(12-8-17)26(27,28)29/h3-14,16,25H,15H2,1-2H3,(H,30,33). The molecule has 8 heteroatoms. The van der Waals surface area contributed by atoms with E-state index < -0.39 is 17.6 Å². The van der Waals surface area contributed by atoms with Crippen molar-refractivity contribution in [2.75, 3.05) is 16.0 Å². The first-order valence-corrected chi connectivity index (χ1v) is 11.8. The quantitative estimate of drug-likeness (QED) is 0.430. The number of carbonyl (C=O) groups is 2. The Balaban J connectivity index is 1.51. The minimum absolute atomic E-state index is 0.0442. The number of alkyl halides is 3. The van der Waals surface area contributed by atoms with Crippen LogP contribution in [0.2, 0.25) is 0 Å². The van der Waals surface area contributed by atoms with Crippen molar-refractivity contribution in [3.8, 4) is 0 Å². The van der Waals surface area contributed by atoms with Crippen LogP contribution in [0.4, 0.5) is 24.5 Å². The third-order valence-electron chi connectivity index (χ3n) is 5.61. The highest BCUT2D eigenvalue weighted by molar-refractivity contribution is 8.00. The van der Waals surface area contributed by atoms with Crippen LogP contribution >= 0.6 is 11.8 Å². The highest BCUT2D eigenvalue weighted by atomic mass is 32.2. The summed E-state index contributed by atoms with van der Waals surface area (Å²) in [5.74, 6) is 0.184. The number of para-hydroxylation sites is 1. The first-order valence-electron chi connectivity index (χ1n) is 10.8. The zero-order valence-corrected chi connectivity index (χ0v) is 19.4. The molecule has 3 aromatic rings. The SMILES string of the molecule is CC(C)c1ccccc1N1C(=O)CSC1c1ccc(NC(=O)c2ccc(C(F)(F)F)cc2)cc1. The molecule has 1 atom stereocenters. The smallest absolute Gasteiger partial charge is 0.322 e. The molecule has 0 bridgehead atoms. The van der Waals surface area contributed by atoms with Crippen LogP contribution in [0.15, 0.2) is 72.8 Å². The van der Waals surface area contributed by atoms with Gasteiger partial charge in [0.1, 0.15) is 5.37 Å². The van der Waals surface area contributed by atoms with Gasteiger partial charge in [-0.15, -0.1) is 11.8 Å². The molecule has 1 saturated heterocycles. The Bertz CT molecular complexity index is 1190. The summed E-state index contributed by atoms with van der Waals surface area (Å²) >= 11 is 1.54. The van der Waals surface area contributed by atoms with Crippen LogP contribution in [0.25, 0.3) is 0 Å². The Kier molecular flexibility index (Phi) is 6.70. The molecule has 4 nitrogen and oxygen atoms in total. The van der Waals surface area contributed by atoms with Gasteiger partial charge in [-0.05, 0) is 59.5 Å². The van der Waals surface area contributed by atoms with E-state index in [1.54, 1.807) is 23.9 Å². The number of rotatable bonds is 5. The number of hydrogen-bond acceptors (Lipinski definition) is 3. The van der Waals surface area contributed by atoms with Crippen LogP contribution in [0, 0.1) is 0 Å². The second-order valence-electron chi connectivity index (χ2n) is 8.29. The van der Waals surface area contributed by atoms with E-state index in [0.717, 1.165) is 41.1 Å². The molecule has 4 rings (SSSR count). The first-order chi connectivity index (χ1) is 16.1. The fourth-order valence-electron chi connectivity index (χ4n) is 3.87. The number of halogens is 3. The molecule has 1 fully saturated rings. The number of thioether (sulfide) groups is 1. The third kappa shape index (κ3) is 4.97. The number of nitrogens with one attached hydrogen (secondary N) is 1. The molecule has 0 radical (unpaired) electrons. The zero-order chi connectivity index (χ0) is 24.5. The zero-order valence-electron chi connectivity index (χ0n) is 18.6. The predicted molar refractivity (Wildman–Crippen MR) is 129 cm³/mol. The van der Waals surface area contributed by atoms with E-state index in [1.807, 2.05) is 41.3 Å². The van der Waals surface area contributed by atoms with E-state index in [4.69, 9.17) is 0 Å². The third-order valence-corrected chi connectivity index (χ3v) is 6.83. The van der Waals surface area contributed by atoms with Gasteiger partial charge in [-0.2, -0.15) is 13.2 Å². The number of anilines is 2. The second-order valence-corrected chi connectivity index (χ2v) is 9.36. The molecule has 34 heavy (non-hydrogen) atoms. The largest absolute Gasteiger partial charge is 0.416 e.